The Morgan fingerprint density at radius 1 is 1.44 bits per heavy atom. The highest BCUT2D eigenvalue weighted by atomic mass is 32.2. The van der Waals surface area contributed by atoms with Gasteiger partial charge in [0, 0.05) is 12.2 Å². The number of hydrogen-bond acceptors (Lipinski definition) is 7. The van der Waals surface area contributed by atoms with Gasteiger partial charge in [-0.05, 0) is 19.6 Å². The summed E-state index contributed by atoms with van der Waals surface area (Å²) < 4.78 is 6.78. The summed E-state index contributed by atoms with van der Waals surface area (Å²) in [7, 11) is 0. The Morgan fingerprint density at radius 3 is 2.81 bits per heavy atom. The van der Waals surface area contributed by atoms with Crippen LogP contribution in [0.3, 0.4) is 0 Å². The van der Waals surface area contributed by atoms with Gasteiger partial charge in [-0.3, -0.25) is 4.79 Å². The molecule has 0 fully saturated rings. The molecule has 90 valence electrons. The Balaban J connectivity index is 2.13. The van der Waals surface area contributed by atoms with E-state index in [-0.39, 0.29) is 5.97 Å². The van der Waals surface area contributed by atoms with E-state index in [2.05, 4.69) is 10.2 Å². The second kappa shape index (κ2) is 7.92. The lowest BCUT2D eigenvalue weighted by atomic mass is 10.3. The van der Waals surface area contributed by atoms with Gasteiger partial charge in [0.1, 0.15) is 0 Å². The zero-order valence-corrected chi connectivity index (χ0v) is 11.7. The highest BCUT2D eigenvalue weighted by molar-refractivity contribution is 8.02. The standard InChI is InChI=1S/C9H14N2O2S3/c1-3-13-7(12)5-4-6-15-9-11-10-8(14-2)16-9/h3-6H2,1-2H3. The quantitative estimate of drug-likeness (QED) is 0.434. The van der Waals surface area contributed by atoms with Gasteiger partial charge in [0.05, 0.1) is 6.61 Å². The Morgan fingerprint density at radius 2 is 2.19 bits per heavy atom. The van der Waals surface area contributed by atoms with Crippen LogP contribution >= 0.6 is 34.9 Å². The van der Waals surface area contributed by atoms with Gasteiger partial charge >= 0.3 is 5.97 Å². The molecule has 4 nitrogen and oxygen atoms in total. The maximum absolute atomic E-state index is 11.0. The molecule has 0 saturated carbocycles. The lowest BCUT2D eigenvalue weighted by Crippen LogP contribution is -2.03. The summed E-state index contributed by atoms with van der Waals surface area (Å²) in [5, 5.41) is 8.03. The third-order valence-corrected chi connectivity index (χ3v) is 4.74. The van der Waals surface area contributed by atoms with E-state index in [0.717, 1.165) is 20.9 Å². The van der Waals surface area contributed by atoms with E-state index >= 15 is 0 Å². The summed E-state index contributed by atoms with van der Waals surface area (Å²) in [5.41, 5.74) is 0. The van der Waals surface area contributed by atoms with Crippen LogP contribution in [0.5, 0.6) is 0 Å². The third kappa shape index (κ3) is 5.18. The maximum Gasteiger partial charge on any atom is 0.305 e. The van der Waals surface area contributed by atoms with E-state index in [1.54, 1.807) is 34.9 Å². The molecular formula is C9H14N2O2S3. The van der Waals surface area contributed by atoms with Crippen LogP contribution in [-0.4, -0.2) is 34.8 Å². The number of thioether (sulfide) groups is 2. The summed E-state index contributed by atoms with van der Waals surface area (Å²) >= 11 is 4.83. The average molecular weight is 278 g/mol. The molecule has 0 aromatic carbocycles. The number of nitrogens with zero attached hydrogens (tertiary/aromatic N) is 2. The normalized spacial score (nSPS) is 10.4. The van der Waals surface area contributed by atoms with Gasteiger partial charge in [0.2, 0.25) is 0 Å². The molecule has 0 aliphatic heterocycles. The number of aromatic nitrogens is 2. The maximum atomic E-state index is 11.0. The van der Waals surface area contributed by atoms with E-state index in [0.29, 0.717) is 13.0 Å². The molecule has 0 N–H and O–H groups in total. The van der Waals surface area contributed by atoms with E-state index in [4.69, 9.17) is 4.74 Å². The van der Waals surface area contributed by atoms with Crippen LogP contribution in [0.2, 0.25) is 0 Å². The van der Waals surface area contributed by atoms with E-state index in [9.17, 15) is 4.79 Å². The van der Waals surface area contributed by atoms with Gasteiger partial charge in [0.25, 0.3) is 0 Å². The smallest absolute Gasteiger partial charge is 0.305 e. The predicted octanol–water partition coefficient (Wildman–Crippen LogP) is 2.70. The molecule has 1 rings (SSSR count). The van der Waals surface area contributed by atoms with Gasteiger partial charge in [-0.2, -0.15) is 0 Å². The molecule has 0 amide bonds. The molecule has 0 saturated heterocycles. The first-order valence-corrected chi connectivity index (χ1v) is 7.95. The zero-order chi connectivity index (χ0) is 11.8. The number of carbonyl (C=O) groups excluding carboxylic acids is 1. The van der Waals surface area contributed by atoms with Gasteiger partial charge in [-0.25, -0.2) is 0 Å². The molecule has 1 aromatic rings. The van der Waals surface area contributed by atoms with E-state index in [1.807, 2.05) is 13.2 Å². The number of esters is 1. The number of hydrogen-bond donors (Lipinski definition) is 0. The van der Waals surface area contributed by atoms with Crippen LogP contribution in [0.15, 0.2) is 8.68 Å². The van der Waals surface area contributed by atoms with Crippen molar-refractivity contribution in [2.75, 3.05) is 18.6 Å². The topological polar surface area (TPSA) is 52.1 Å². The van der Waals surface area contributed by atoms with Crippen LogP contribution in [0, 0.1) is 0 Å². The fourth-order valence-corrected chi connectivity index (χ4v) is 3.40. The van der Waals surface area contributed by atoms with E-state index < -0.39 is 0 Å². The van der Waals surface area contributed by atoms with Crippen LogP contribution in [0.4, 0.5) is 0 Å². The van der Waals surface area contributed by atoms with E-state index in [1.165, 1.54) is 0 Å². The second-order valence-corrected chi connectivity index (χ2v) is 6.17. The van der Waals surface area contributed by atoms with Crippen LogP contribution in [0.25, 0.3) is 0 Å². The largest absolute Gasteiger partial charge is 0.466 e. The molecule has 16 heavy (non-hydrogen) atoms. The van der Waals surface area contributed by atoms with Gasteiger partial charge in [0.15, 0.2) is 8.68 Å². The van der Waals surface area contributed by atoms with Crippen molar-refractivity contribution in [2.45, 2.75) is 28.4 Å². The van der Waals surface area contributed by atoms with Gasteiger partial charge < -0.3 is 4.74 Å². The molecule has 0 aliphatic rings. The molecule has 7 heteroatoms. The second-order valence-electron chi connectivity index (χ2n) is 2.80. The third-order valence-electron chi connectivity index (χ3n) is 1.62. The molecule has 1 heterocycles. The Labute approximate surface area is 108 Å². The number of rotatable bonds is 7. The summed E-state index contributed by atoms with van der Waals surface area (Å²) in [6, 6.07) is 0. The molecule has 1 aromatic heterocycles. The van der Waals surface area contributed by atoms with Crippen molar-refractivity contribution < 1.29 is 9.53 Å². The SMILES string of the molecule is CCOC(=O)CCCSc1nnc(SC)s1. The fraction of sp³-hybridized carbons (Fsp3) is 0.667. The molecule has 0 atom stereocenters. The minimum Gasteiger partial charge on any atom is -0.466 e. The first kappa shape index (κ1) is 13.8. The number of ether oxygens (including phenoxy) is 1. The Hall–Kier alpha value is -0.270. The Bertz CT molecular complexity index is 330. The lowest BCUT2D eigenvalue weighted by Gasteiger charge is -1.99. The van der Waals surface area contributed by atoms with Crippen molar-refractivity contribution in [3.63, 3.8) is 0 Å². The number of carbonyl (C=O) groups is 1. The molecule has 0 unspecified atom stereocenters. The van der Waals surface area contributed by atoms with Crippen molar-refractivity contribution >= 4 is 40.8 Å². The molecular weight excluding hydrogens is 264 g/mol. The van der Waals surface area contributed by atoms with Gasteiger partial charge in [-0.1, -0.05) is 34.9 Å². The summed E-state index contributed by atoms with van der Waals surface area (Å²) in [6.07, 6.45) is 3.28. The summed E-state index contributed by atoms with van der Waals surface area (Å²) in [6.45, 7) is 2.28. The first-order chi connectivity index (χ1) is 7.76. The van der Waals surface area contributed by atoms with Crippen LogP contribution < -0.4 is 0 Å². The Kier molecular flexibility index (Phi) is 6.82. The molecule has 0 spiro atoms. The van der Waals surface area contributed by atoms with Crippen molar-refractivity contribution in [1.82, 2.24) is 10.2 Å². The minimum absolute atomic E-state index is 0.120. The molecule has 0 aliphatic carbocycles. The average Bonchev–Trinajstić information content (AvgIpc) is 2.73. The van der Waals surface area contributed by atoms with Crippen molar-refractivity contribution in [1.29, 1.82) is 0 Å². The zero-order valence-electron chi connectivity index (χ0n) is 9.26. The van der Waals surface area contributed by atoms with Crippen molar-refractivity contribution in [3.8, 4) is 0 Å². The highest BCUT2D eigenvalue weighted by Crippen LogP contribution is 2.27. The monoisotopic (exact) mass is 278 g/mol. The fourth-order valence-electron chi connectivity index (χ4n) is 0.947. The minimum atomic E-state index is -0.120. The van der Waals surface area contributed by atoms with Crippen molar-refractivity contribution in [2.24, 2.45) is 0 Å². The molecule has 0 bridgehead atoms. The predicted molar refractivity (Wildman–Crippen MR) is 68.3 cm³/mol. The lowest BCUT2D eigenvalue weighted by molar-refractivity contribution is -0.143. The summed E-state index contributed by atoms with van der Waals surface area (Å²) in [4.78, 5) is 11.0. The highest BCUT2D eigenvalue weighted by Gasteiger charge is 2.05. The van der Waals surface area contributed by atoms with Crippen LogP contribution in [-0.2, 0) is 9.53 Å². The van der Waals surface area contributed by atoms with Crippen LogP contribution in [0.1, 0.15) is 19.8 Å². The van der Waals surface area contributed by atoms with Gasteiger partial charge in [-0.15, -0.1) is 10.2 Å². The first-order valence-electron chi connectivity index (χ1n) is 4.92. The van der Waals surface area contributed by atoms with Crippen molar-refractivity contribution in [3.05, 3.63) is 0 Å². The molecule has 0 radical (unpaired) electrons. The summed E-state index contributed by atoms with van der Waals surface area (Å²) in [5.74, 6) is 0.757.